The normalized spacial score (nSPS) is 14.9. The Balaban J connectivity index is 1.53. The zero-order valence-corrected chi connectivity index (χ0v) is 23.6. The second-order valence-corrected chi connectivity index (χ2v) is 9.74. The van der Waals surface area contributed by atoms with Crippen LogP contribution in [0.3, 0.4) is 0 Å². The summed E-state index contributed by atoms with van der Waals surface area (Å²) in [5, 5.41) is 6.53. The highest BCUT2D eigenvalue weighted by Gasteiger charge is 2.32. The van der Waals surface area contributed by atoms with Gasteiger partial charge in [-0.3, -0.25) is 14.9 Å². The van der Waals surface area contributed by atoms with E-state index >= 15 is 0 Å². The molecule has 1 atom stereocenters. The number of ether oxygens (including phenoxy) is 3. The van der Waals surface area contributed by atoms with Gasteiger partial charge in [0.25, 0.3) is 0 Å². The molecule has 4 aromatic rings. The molecule has 0 saturated carbocycles. The summed E-state index contributed by atoms with van der Waals surface area (Å²) in [7, 11) is 3.15. The molecule has 1 saturated heterocycles. The van der Waals surface area contributed by atoms with Crippen molar-refractivity contribution in [2.24, 2.45) is 0 Å². The average Bonchev–Trinajstić information content (AvgIpc) is 2.99. The highest BCUT2D eigenvalue weighted by Crippen LogP contribution is 2.34. The number of amides is 1. The number of halogens is 1. The number of Topliss-reactive ketones (excluding diaryl/α,β-unsaturated/α-hetero) is 1. The third-order valence-corrected chi connectivity index (χ3v) is 6.82. The van der Waals surface area contributed by atoms with Crippen LogP contribution in [0.25, 0.3) is 22.3 Å². The maximum Gasteiger partial charge on any atom is 0.232 e. The van der Waals surface area contributed by atoms with Gasteiger partial charge in [0, 0.05) is 37.1 Å². The number of fused-ring (bicyclic) bond motifs is 1. The summed E-state index contributed by atoms with van der Waals surface area (Å²) in [5.74, 6) is 1.82. The number of pyridine rings is 1. The smallest absolute Gasteiger partial charge is 0.232 e. The van der Waals surface area contributed by atoms with Gasteiger partial charge in [0.2, 0.25) is 11.9 Å². The second kappa shape index (κ2) is 12.4. The maximum absolute atomic E-state index is 13.4. The number of benzene rings is 2. The first-order valence-corrected chi connectivity index (χ1v) is 13.3. The quantitative estimate of drug-likeness (QED) is 0.304. The van der Waals surface area contributed by atoms with E-state index in [1.165, 1.54) is 6.92 Å². The van der Waals surface area contributed by atoms with Crippen molar-refractivity contribution in [1.82, 2.24) is 20.3 Å². The summed E-state index contributed by atoms with van der Waals surface area (Å²) >= 11 is 5.96. The lowest BCUT2D eigenvalue weighted by Gasteiger charge is -2.36. The number of piperazine rings is 1. The van der Waals surface area contributed by atoms with E-state index in [4.69, 9.17) is 30.8 Å². The molecule has 2 aromatic carbocycles. The Kier molecular flexibility index (Phi) is 8.46. The number of nitrogens with zero attached hydrogens (tertiary/aromatic N) is 4. The van der Waals surface area contributed by atoms with Crippen LogP contribution in [-0.2, 0) is 9.59 Å². The first-order valence-electron chi connectivity index (χ1n) is 12.9. The lowest BCUT2D eigenvalue weighted by atomic mass is 10.1. The summed E-state index contributed by atoms with van der Waals surface area (Å²) in [6.07, 6.45) is 0. The van der Waals surface area contributed by atoms with Gasteiger partial charge in [0.15, 0.2) is 23.1 Å². The van der Waals surface area contributed by atoms with Crippen LogP contribution in [0, 0.1) is 0 Å². The van der Waals surface area contributed by atoms with Crippen LogP contribution in [-0.4, -0.2) is 73.1 Å². The van der Waals surface area contributed by atoms with Gasteiger partial charge < -0.3 is 24.4 Å². The van der Waals surface area contributed by atoms with Crippen LogP contribution in [0.1, 0.15) is 6.92 Å². The molecule has 2 aromatic heterocycles. The molecular formula is C29H29ClN6O5. The molecule has 1 fully saturated rings. The van der Waals surface area contributed by atoms with E-state index in [1.54, 1.807) is 38.5 Å². The average molecular weight is 577 g/mol. The third-order valence-electron chi connectivity index (χ3n) is 6.57. The van der Waals surface area contributed by atoms with Crippen molar-refractivity contribution in [2.45, 2.75) is 13.0 Å². The minimum Gasteiger partial charge on any atom is -0.493 e. The highest BCUT2D eigenvalue weighted by atomic mass is 35.5. The Bertz CT molecular complexity index is 1580. The molecule has 0 bridgehead atoms. The van der Waals surface area contributed by atoms with Gasteiger partial charge in [-0.25, -0.2) is 9.97 Å². The fourth-order valence-electron chi connectivity index (χ4n) is 4.60. The van der Waals surface area contributed by atoms with Crippen molar-refractivity contribution >= 4 is 46.1 Å². The van der Waals surface area contributed by atoms with Crippen LogP contribution in [0.2, 0.25) is 5.02 Å². The van der Waals surface area contributed by atoms with Crippen LogP contribution in [0.5, 0.6) is 17.2 Å². The van der Waals surface area contributed by atoms with Gasteiger partial charge in [0.1, 0.15) is 23.9 Å². The topological polar surface area (TPSA) is 128 Å². The van der Waals surface area contributed by atoms with E-state index in [2.05, 4.69) is 20.6 Å². The first kappa shape index (κ1) is 28.1. The monoisotopic (exact) mass is 576 g/mol. The van der Waals surface area contributed by atoms with E-state index in [9.17, 15) is 9.59 Å². The first-order chi connectivity index (χ1) is 19.9. The third kappa shape index (κ3) is 6.31. The fourth-order valence-corrected chi connectivity index (χ4v) is 4.72. The SMILES string of the molecule is COc1ccc(-c2ccc3nc(NC(C)=O)nc(N4CCNCC4C(=O)COc4ccc(Cl)cc4)c3n2)cc1OC. The predicted octanol–water partition coefficient (Wildman–Crippen LogP) is 3.75. The van der Waals surface area contributed by atoms with E-state index < -0.39 is 6.04 Å². The maximum atomic E-state index is 13.4. The molecule has 0 radical (unpaired) electrons. The number of aromatic nitrogens is 3. The van der Waals surface area contributed by atoms with Crippen LogP contribution in [0.4, 0.5) is 11.8 Å². The number of methoxy groups -OCH3 is 2. The Morgan fingerprint density at radius 1 is 1.02 bits per heavy atom. The van der Waals surface area contributed by atoms with Crippen molar-refractivity contribution < 1.29 is 23.8 Å². The van der Waals surface area contributed by atoms with Crippen molar-refractivity contribution in [3.63, 3.8) is 0 Å². The molecule has 3 heterocycles. The summed E-state index contributed by atoms with van der Waals surface area (Å²) in [5.41, 5.74) is 2.46. The number of carbonyl (C=O) groups is 2. The van der Waals surface area contributed by atoms with Crippen molar-refractivity contribution in [2.75, 3.05) is 50.7 Å². The number of rotatable bonds is 9. The number of ketones is 1. The largest absolute Gasteiger partial charge is 0.493 e. The molecule has 41 heavy (non-hydrogen) atoms. The molecule has 2 N–H and O–H groups in total. The summed E-state index contributed by atoms with van der Waals surface area (Å²) in [6.45, 7) is 2.73. The summed E-state index contributed by atoms with van der Waals surface area (Å²) in [6, 6.07) is 15.4. The Hall–Kier alpha value is -4.48. The summed E-state index contributed by atoms with van der Waals surface area (Å²) < 4.78 is 16.6. The van der Waals surface area contributed by atoms with Crippen molar-refractivity contribution in [3.8, 4) is 28.5 Å². The number of hydrogen-bond donors (Lipinski definition) is 2. The molecule has 1 aliphatic rings. The molecule has 12 heteroatoms. The lowest BCUT2D eigenvalue weighted by Crippen LogP contribution is -2.56. The molecule has 0 spiro atoms. The number of carbonyl (C=O) groups excluding carboxylic acids is 2. The van der Waals surface area contributed by atoms with Gasteiger partial charge in [-0.1, -0.05) is 11.6 Å². The highest BCUT2D eigenvalue weighted by molar-refractivity contribution is 6.30. The number of nitrogens with one attached hydrogen (secondary N) is 2. The molecule has 1 amide bonds. The number of anilines is 2. The zero-order valence-electron chi connectivity index (χ0n) is 22.8. The predicted molar refractivity (Wildman–Crippen MR) is 156 cm³/mol. The minimum absolute atomic E-state index is 0.128. The second-order valence-electron chi connectivity index (χ2n) is 9.31. The van der Waals surface area contributed by atoms with E-state index in [1.807, 2.05) is 35.2 Å². The van der Waals surface area contributed by atoms with Crippen LogP contribution >= 0.6 is 11.6 Å². The molecule has 0 aliphatic carbocycles. The fraction of sp³-hybridized carbons (Fsp3) is 0.276. The molecule has 1 unspecified atom stereocenters. The standard InChI is InChI=1S/C29H29ClN6O5/c1-17(37)32-29-34-22-10-9-21(18-4-11-25(39-2)26(14-18)40-3)33-27(22)28(35-29)36-13-12-31-15-23(36)24(38)16-41-20-7-5-19(30)6-8-20/h4-11,14,23,31H,12-13,15-16H2,1-3H3,(H,32,34,35,37). The Labute approximate surface area is 241 Å². The number of hydrogen-bond acceptors (Lipinski definition) is 10. The van der Waals surface area contributed by atoms with Gasteiger partial charge in [-0.15, -0.1) is 0 Å². The molecule has 5 rings (SSSR count). The van der Waals surface area contributed by atoms with Crippen LogP contribution in [0.15, 0.2) is 54.6 Å². The summed E-state index contributed by atoms with van der Waals surface area (Å²) in [4.78, 5) is 41.3. The Morgan fingerprint density at radius 3 is 2.54 bits per heavy atom. The molecular weight excluding hydrogens is 548 g/mol. The molecule has 212 valence electrons. The molecule has 1 aliphatic heterocycles. The van der Waals surface area contributed by atoms with Gasteiger partial charge in [0.05, 0.1) is 25.4 Å². The van der Waals surface area contributed by atoms with Crippen LogP contribution < -0.4 is 29.7 Å². The van der Waals surface area contributed by atoms with E-state index in [0.717, 1.165) is 5.56 Å². The van der Waals surface area contributed by atoms with Crippen molar-refractivity contribution in [1.29, 1.82) is 0 Å². The van der Waals surface area contributed by atoms with Gasteiger partial charge >= 0.3 is 0 Å². The minimum atomic E-state index is -0.592. The van der Waals surface area contributed by atoms with Gasteiger partial charge in [-0.2, -0.15) is 4.98 Å². The lowest BCUT2D eigenvalue weighted by molar-refractivity contribution is -0.122. The van der Waals surface area contributed by atoms with Crippen molar-refractivity contribution in [3.05, 3.63) is 59.6 Å². The Morgan fingerprint density at radius 2 is 1.80 bits per heavy atom. The molecule has 11 nitrogen and oxygen atoms in total. The van der Waals surface area contributed by atoms with Gasteiger partial charge in [-0.05, 0) is 54.6 Å². The van der Waals surface area contributed by atoms with E-state index in [-0.39, 0.29) is 24.2 Å². The van der Waals surface area contributed by atoms with E-state index in [0.29, 0.717) is 64.5 Å². The zero-order chi connectivity index (χ0) is 28.9.